The van der Waals surface area contributed by atoms with Crippen molar-refractivity contribution >= 4 is 5.91 Å². The fourth-order valence-electron chi connectivity index (χ4n) is 2.81. The maximum Gasteiger partial charge on any atom is 0.221 e. The van der Waals surface area contributed by atoms with Gasteiger partial charge in [-0.1, -0.05) is 19.8 Å². The van der Waals surface area contributed by atoms with Crippen LogP contribution in [0.1, 0.15) is 46.0 Å². The summed E-state index contributed by atoms with van der Waals surface area (Å²) >= 11 is 0. The van der Waals surface area contributed by atoms with E-state index in [9.17, 15) is 9.90 Å². The Morgan fingerprint density at radius 1 is 1.33 bits per heavy atom. The molecule has 106 valence electrons. The van der Waals surface area contributed by atoms with Gasteiger partial charge in [-0.25, -0.2) is 0 Å². The van der Waals surface area contributed by atoms with Crippen molar-refractivity contribution in [3.05, 3.63) is 0 Å². The molecule has 18 heavy (non-hydrogen) atoms. The van der Waals surface area contributed by atoms with Gasteiger partial charge in [-0.2, -0.15) is 0 Å². The molecule has 3 atom stereocenters. The topological polar surface area (TPSA) is 61.4 Å². The van der Waals surface area contributed by atoms with Gasteiger partial charge in [0.15, 0.2) is 0 Å². The first-order valence-corrected chi connectivity index (χ1v) is 7.28. The van der Waals surface area contributed by atoms with Crippen LogP contribution >= 0.6 is 0 Å². The van der Waals surface area contributed by atoms with Crippen LogP contribution in [-0.2, 0) is 4.79 Å². The summed E-state index contributed by atoms with van der Waals surface area (Å²) in [5.41, 5.74) is 0. The van der Waals surface area contributed by atoms with Crippen LogP contribution in [0.2, 0.25) is 0 Å². The minimum Gasteiger partial charge on any atom is -0.396 e. The quantitative estimate of drug-likeness (QED) is 0.643. The number of hydrogen-bond acceptors (Lipinski definition) is 3. The van der Waals surface area contributed by atoms with E-state index in [4.69, 9.17) is 0 Å². The Balaban J connectivity index is 2.24. The van der Waals surface area contributed by atoms with Crippen molar-refractivity contribution in [2.24, 2.45) is 11.8 Å². The number of hydrogen-bond donors (Lipinski definition) is 3. The Morgan fingerprint density at radius 3 is 2.61 bits per heavy atom. The van der Waals surface area contributed by atoms with E-state index >= 15 is 0 Å². The van der Waals surface area contributed by atoms with Gasteiger partial charge in [0.1, 0.15) is 0 Å². The molecular formula is C14H28N2O2. The maximum absolute atomic E-state index is 11.8. The predicted octanol–water partition coefficient (Wildman–Crippen LogP) is 1.29. The highest BCUT2D eigenvalue weighted by Gasteiger charge is 2.24. The highest BCUT2D eigenvalue weighted by atomic mass is 16.3. The second-order valence-corrected chi connectivity index (χ2v) is 5.45. The van der Waals surface area contributed by atoms with Crippen LogP contribution in [-0.4, -0.2) is 36.8 Å². The van der Waals surface area contributed by atoms with E-state index in [2.05, 4.69) is 10.6 Å². The van der Waals surface area contributed by atoms with Crippen LogP contribution < -0.4 is 10.6 Å². The lowest BCUT2D eigenvalue weighted by atomic mass is 9.79. The third-order valence-corrected chi connectivity index (χ3v) is 3.91. The largest absolute Gasteiger partial charge is 0.396 e. The van der Waals surface area contributed by atoms with Crippen molar-refractivity contribution < 1.29 is 9.90 Å². The zero-order chi connectivity index (χ0) is 13.4. The number of aliphatic hydroxyl groups is 1. The Bertz CT molecular complexity index is 246. The molecule has 0 aromatic carbocycles. The number of nitrogens with one attached hydrogen (secondary N) is 2. The molecule has 3 N–H and O–H groups in total. The van der Waals surface area contributed by atoms with E-state index in [0.29, 0.717) is 18.3 Å². The van der Waals surface area contributed by atoms with Gasteiger partial charge in [0.25, 0.3) is 0 Å². The molecule has 0 radical (unpaired) electrons. The molecule has 1 saturated carbocycles. The zero-order valence-corrected chi connectivity index (χ0v) is 11.7. The average molecular weight is 256 g/mol. The predicted molar refractivity (Wildman–Crippen MR) is 73.3 cm³/mol. The molecule has 0 heterocycles. The van der Waals surface area contributed by atoms with Gasteiger partial charge >= 0.3 is 0 Å². The summed E-state index contributed by atoms with van der Waals surface area (Å²) in [6, 6.07) is 0.231. The summed E-state index contributed by atoms with van der Waals surface area (Å²) < 4.78 is 0. The first-order valence-electron chi connectivity index (χ1n) is 7.28. The Labute approximate surface area is 111 Å². The Kier molecular flexibility index (Phi) is 7.28. The minimum atomic E-state index is 0.116. The van der Waals surface area contributed by atoms with Crippen LogP contribution in [0, 0.1) is 11.8 Å². The molecular weight excluding hydrogens is 228 g/mol. The first-order chi connectivity index (χ1) is 8.67. The average Bonchev–Trinajstić information content (AvgIpc) is 2.37. The van der Waals surface area contributed by atoms with Crippen LogP contribution in [0.4, 0.5) is 0 Å². The van der Waals surface area contributed by atoms with Gasteiger partial charge in [0.2, 0.25) is 5.91 Å². The van der Waals surface area contributed by atoms with Crippen molar-refractivity contribution in [3.8, 4) is 0 Å². The molecule has 0 spiro atoms. The molecule has 4 heteroatoms. The number of rotatable bonds is 7. The number of amides is 1. The monoisotopic (exact) mass is 256 g/mol. The molecule has 1 aliphatic carbocycles. The minimum absolute atomic E-state index is 0.116. The normalized spacial score (nSPS) is 25.7. The number of carbonyl (C=O) groups is 1. The molecule has 1 amide bonds. The molecule has 4 nitrogen and oxygen atoms in total. The highest BCUT2D eigenvalue weighted by molar-refractivity contribution is 5.76. The van der Waals surface area contributed by atoms with Gasteiger partial charge < -0.3 is 15.7 Å². The second-order valence-electron chi connectivity index (χ2n) is 5.45. The van der Waals surface area contributed by atoms with E-state index in [1.807, 2.05) is 13.8 Å². The zero-order valence-electron chi connectivity index (χ0n) is 11.7. The Morgan fingerprint density at radius 2 is 2.00 bits per heavy atom. The van der Waals surface area contributed by atoms with E-state index in [1.54, 1.807) is 0 Å². The van der Waals surface area contributed by atoms with Crippen molar-refractivity contribution in [1.29, 1.82) is 0 Å². The van der Waals surface area contributed by atoms with Gasteiger partial charge in [-0.05, 0) is 38.1 Å². The summed E-state index contributed by atoms with van der Waals surface area (Å²) in [7, 11) is 0. The standard InChI is InChI=1S/C14H28N2O2/c1-3-15-11(2)8-14(18)16-9-12-6-4-5-7-13(12)10-17/h11-13,15,17H,3-10H2,1-2H3,(H,16,18). The summed E-state index contributed by atoms with van der Waals surface area (Å²) in [5, 5.41) is 15.6. The first kappa shape index (κ1) is 15.4. The summed E-state index contributed by atoms with van der Waals surface area (Å²) in [5.74, 6) is 0.957. The van der Waals surface area contributed by atoms with Gasteiger partial charge in [-0.15, -0.1) is 0 Å². The van der Waals surface area contributed by atoms with Gasteiger partial charge in [0, 0.05) is 25.6 Å². The van der Waals surface area contributed by atoms with Crippen LogP contribution in [0.3, 0.4) is 0 Å². The fourth-order valence-corrected chi connectivity index (χ4v) is 2.81. The molecule has 0 bridgehead atoms. The summed E-state index contributed by atoms with van der Waals surface area (Å²) in [4.78, 5) is 11.8. The SMILES string of the molecule is CCNC(C)CC(=O)NCC1CCCCC1CO. The lowest BCUT2D eigenvalue weighted by Gasteiger charge is -2.30. The van der Waals surface area contributed by atoms with Gasteiger partial charge in [-0.3, -0.25) is 4.79 Å². The molecule has 0 saturated heterocycles. The highest BCUT2D eigenvalue weighted by Crippen LogP contribution is 2.29. The van der Waals surface area contributed by atoms with Crippen molar-refractivity contribution in [2.45, 2.75) is 52.0 Å². The number of aliphatic hydroxyl groups excluding tert-OH is 1. The Hall–Kier alpha value is -0.610. The molecule has 0 aromatic rings. The van der Waals surface area contributed by atoms with E-state index < -0.39 is 0 Å². The van der Waals surface area contributed by atoms with Crippen molar-refractivity contribution in [3.63, 3.8) is 0 Å². The fraction of sp³-hybridized carbons (Fsp3) is 0.929. The van der Waals surface area contributed by atoms with Gasteiger partial charge in [0.05, 0.1) is 0 Å². The molecule has 3 unspecified atom stereocenters. The van der Waals surface area contributed by atoms with E-state index in [-0.39, 0.29) is 18.6 Å². The molecule has 1 aliphatic rings. The second kappa shape index (κ2) is 8.48. The van der Waals surface area contributed by atoms with Crippen LogP contribution in [0.15, 0.2) is 0 Å². The smallest absolute Gasteiger partial charge is 0.221 e. The lowest BCUT2D eigenvalue weighted by Crippen LogP contribution is -2.38. The summed E-state index contributed by atoms with van der Waals surface area (Å²) in [6.07, 6.45) is 5.21. The van der Waals surface area contributed by atoms with Crippen molar-refractivity contribution in [1.82, 2.24) is 10.6 Å². The van der Waals surface area contributed by atoms with E-state index in [0.717, 1.165) is 25.9 Å². The molecule has 1 rings (SSSR count). The number of carbonyl (C=O) groups excluding carboxylic acids is 1. The molecule has 1 fully saturated rings. The summed E-state index contributed by atoms with van der Waals surface area (Å²) in [6.45, 7) is 5.95. The van der Waals surface area contributed by atoms with Crippen LogP contribution in [0.25, 0.3) is 0 Å². The van der Waals surface area contributed by atoms with E-state index in [1.165, 1.54) is 12.8 Å². The molecule has 0 aliphatic heterocycles. The maximum atomic E-state index is 11.8. The third kappa shape index (κ3) is 5.36. The van der Waals surface area contributed by atoms with Crippen molar-refractivity contribution in [2.75, 3.05) is 19.7 Å². The third-order valence-electron chi connectivity index (χ3n) is 3.91. The molecule has 0 aromatic heterocycles. The lowest BCUT2D eigenvalue weighted by molar-refractivity contribution is -0.121. The van der Waals surface area contributed by atoms with Crippen LogP contribution in [0.5, 0.6) is 0 Å².